The average molecular weight is 1180 g/mol. The number of nitrogens with two attached hydrogens (primary N) is 1. The molecular formula is C72H55Cl5N6. The van der Waals surface area contributed by atoms with E-state index in [1.165, 1.54) is 0 Å². The van der Waals surface area contributed by atoms with Crippen molar-refractivity contribution in [3.8, 4) is 0 Å². The van der Waals surface area contributed by atoms with Crippen molar-refractivity contribution in [3.63, 3.8) is 0 Å². The van der Waals surface area contributed by atoms with Crippen LogP contribution in [0.4, 0.5) is 85.3 Å². The lowest BCUT2D eigenvalue weighted by Crippen LogP contribution is -2.14. The Morgan fingerprint density at radius 3 is 0.759 bits per heavy atom. The summed E-state index contributed by atoms with van der Waals surface area (Å²) in [6.45, 7) is 0. The molecule has 0 aliphatic heterocycles. The summed E-state index contributed by atoms with van der Waals surface area (Å²) in [4.78, 5) is 8.54. The second-order valence-electron chi connectivity index (χ2n) is 18.8. The van der Waals surface area contributed by atoms with Gasteiger partial charge in [-0.1, -0.05) is 204 Å². The van der Waals surface area contributed by atoms with Gasteiger partial charge in [-0.3, -0.25) is 0 Å². The highest BCUT2D eigenvalue weighted by Gasteiger charge is 2.24. The fraction of sp³-hybridized carbons (Fsp3) is 0. The van der Waals surface area contributed by atoms with E-state index in [0.29, 0.717) is 25.1 Å². The van der Waals surface area contributed by atoms with Crippen LogP contribution in [0.15, 0.2) is 315 Å². The van der Waals surface area contributed by atoms with Gasteiger partial charge in [0.1, 0.15) is 0 Å². The predicted octanol–water partition coefficient (Wildman–Crippen LogP) is 23.5. The minimum atomic E-state index is 0.597. The molecule has 408 valence electrons. The van der Waals surface area contributed by atoms with Crippen LogP contribution in [-0.2, 0) is 0 Å². The maximum Gasteiger partial charge on any atom is 0.0887 e. The normalized spacial score (nSPS) is 10.5. The summed E-state index contributed by atoms with van der Waals surface area (Å²) < 4.78 is 0. The lowest BCUT2D eigenvalue weighted by atomic mass is 10.1. The minimum Gasteiger partial charge on any atom is -0.399 e. The van der Waals surface area contributed by atoms with Crippen molar-refractivity contribution in [2.45, 2.75) is 0 Å². The van der Waals surface area contributed by atoms with Crippen molar-refractivity contribution in [2.24, 2.45) is 0 Å². The molecule has 83 heavy (non-hydrogen) atoms. The van der Waals surface area contributed by atoms with E-state index < -0.39 is 0 Å². The van der Waals surface area contributed by atoms with Crippen molar-refractivity contribution in [1.29, 1.82) is 0 Å². The summed E-state index contributed by atoms with van der Waals surface area (Å²) in [6, 6.07) is 104. The molecule has 0 spiro atoms. The molecule has 0 aromatic heterocycles. The molecule has 0 atom stereocenters. The molecule has 0 fully saturated rings. The Labute approximate surface area is 511 Å². The summed E-state index contributed by atoms with van der Waals surface area (Å²) in [5.74, 6) is 0. The molecule has 12 aromatic carbocycles. The van der Waals surface area contributed by atoms with Crippen LogP contribution in [-0.4, -0.2) is 0 Å². The van der Waals surface area contributed by atoms with E-state index in [9.17, 15) is 0 Å². The third-order valence-electron chi connectivity index (χ3n) is 13.1. The Kier molecular flexibility index (Phi) is 19.3. The van der Waals surface area contributed by atoms with Crippen LogP contribution in [0.5, 0.6) is 0 Å². The molecule has 12 rings (SSSR count). The summed E-state index contributed by atoms with van der Waals surface area (Å²) >= 11 is 33.8. The Balaban J connectivity index is 0.000000167. The van der Waals surface area contributed by atoms with Gasteiger partial charge in [0.25, 0.3) is 0 Å². The first-order chi connectivity index (χ1) is 40.7. The molecule has 12 aromatic rings. The molecular weight excluding hydrogens is 1130 g/mol. The number of nitrogen functional groups attached to an aromatic ring is 1. The van der Waals surface area contributed by atoms with E-state index in [2.05, 4.69) is 116 Å². The standard InChI is InChI=1S/C36H27Cl2N3.C30H21Cl3N2.C6H7N/c37-27-13-10-21-32(25-27)40(30-17-6-2-7-18-30)34-23-12-24-35(36(34)38)41(31-19-8-3-9-20-31)33-22-11-16-29(26-33)39-28-14-4-1-5-15-28;31-22-10-7-16-26(20-22)34(24-12-3-1-4-13-24)28-18-9-19-29(30(28)33)35(25-14-5-2-6-15-25)27-17-8-11-23(32)21-27;7-6-4-2-1-3-5-6/h1-26,39H;1-21H;1-5H,7H2. The highest BCUT2D eigenvalue weighted by molar-refractivity contribution is 6.37. The van der Waals surface area contributed by atoms with Gasteiger partial charge < -0.3 is 30.7 Å². The lowest BCUT2D eigenvalue weighted by Gasteiger charge is -2.31. The number of hydrogen-bond acceptors (Lipinski definition) is 6. The smallest absolute Gasteiger partial charge is 0.0887 e. The van der Waals surface area contributed by atoms with Crippen LogP contribution in [0.3, 0.4) is 0 Å². The molecule has 0 unspecified atom stereocenters. The topological polar surface area (TPSA) is 51.0 Å². The van der Waals surface area contributed by atoms with Crippen LogP contribution in [0, 0.1) is 0 Å². The maximum atomic E-state index is 7.38. The van der Waals surface area contributed by atoms with Crippen LogP contribution < -0.4 is 30.7 Å². The van der Waals surface area contributed by atoms with E-state index >= 15 is 0 Å². The number of halogens is 5. The van der Waals surface area contributed by atoms with Crippen LogP contribution >= 0.6 is 58.0 Å². The maximum absolute atomic E-state index is 7.38. The predicted molar refractivity (Wildman–Crippen MR) is 357 cm³/mol. The summed E-state index contributed by atoms with van der Waals surface area (Å²) in [5, 5.41) is 6.69. The minimum absolute atomic E-state index is 0.597. The number of hydrogen-bond donors (Lipinski definition) is 2. The van der Waals surface area contributed by atoms with Gasteiger partial charge in [0, 0.05) is 77.6 Å². The third kappa shape index (κ3) is 14.5. The van der Waals surface area contributed by atoms with Crippen LogP contribution in [0.2, 0.25) is 25.1 Å². The van der Waals surface area contributed by atoms with Gasteiger partial charge >= 0.3 is 0 Å². The second kappa shape index (κ2) is 28.0. The largest absolute Gasteiger partial charge is 0.399 e. The Hall–Kier alpha value is -9.11. The molecule has 0 saturated heterocycles. The van der Waals surface area contributed by atoms with Gasteiger partial charge in [-0.25, -0.2) is 0 Å². The van der Waals surface area contributed by atoms with Gasteiger partial charge in [0.05, 0.1) is 32.8 Å². The SMILES string of the molecule is Clc1cccc(N(c2ccccc2)c2cccc(N(c3ccccc3)c3cccc(Cl)c3)c2Cl)c1.Clc1cccc(N(c2ccccc2)c2cccc(N(c3ccccc3)c3cccc(Nc4ccccc4)c3)c2Cl)c1.Nc1ccccc1. The van der Waals surface area contributed by atoms with Crippen molar-refractivity contribution in [3.05, 3.63) is 341 Å². The molecule has 0 aliphatic carbocycles. The third-order valence-corrected chi connectivity index (χ3v) is 14.6. The zero-order chi connectivity index (χ0) is 57.3. The first kappa shape index (κ1) is 57.1. The van der Waals surface area contributed by atoms with Crippen LogP contribution in [0.25, 0.3) is 0 Å². The van der Waals surface area contributed by atoms with E-state index in [4.69, 9.17) is 63.7 Å². The zero-order valence-electron chi connectivity index (χ0n) is 44.8. The number of nitrogens with one attached hydrogen (secondary N) is 1. The quantitative estimate of drug-likeness (QED) is 0.106. The Bertz CT molecular complexity index is 3890. The van der Waals surface area contributed by atoms with Crippen molar-refractivity contribution >= 4 is 143 Å². The van der Waals surface area contributed by atoms with E-state index in [-0.39, 0.29) is 0 Å². The first-order valence-electron chi connectivity index (χ1n) is 26.7. The average Bonchev–Trinajstić information content (AvgIpc) is 3.71. The summed E-state index contributed by atoms with van der Waals surface area (Å²) in [7, 11) is 0. The Morgan fingerprint density at radius 1 is 0.229 bits per heavy atom. The van der Waals surface area contributed by atoms with Gasteiger partial charge in [-0.05, 0) is 170 Å². The monoisotopic (exact) mass is 1180 g/mol. The van der Waals surface area contributed by atoms with Gasteiger partial charge in [-0.2, -0.15) is 0 Å². The fourth-order valence-electron chi connectivity index (χ4n) is 9.43. The van der Waals surface area contributed by atoms with Crippen LogP contribution in [0.1, 0.15) is 0 Å². The van der Waals surface area contributed by atoms with Crippen molar-refractivity contribution < 1.29 is 0 Å². The van der Waals surface area contributed by atoms with Crippen molar-refractivity contribution in [2.75, 3.05) is 30.7 Å². The van der Waals surface area contributed by atoms with E-state index in [1.54, 1.807) is 0 Å². The van der Waals surface area contributed by atoms with Gasteiger partial charge in [-0.15, -0.1) is 0 Å². The highest BCUT2D eigenvalue weighted by Crippen LogP contribution is 2.49. The van der Waals surface area contributed by atoms with Gasteiger partial charge in [0.15, 0.2) is 0 Å². The highest BCUT2D eigenvalue weighted by atomic mass is 35.5. The molecule has 11 heteroatoms. The molecule has 0 radical (unpaired) electrons. The molecule has 0 saturated carbocycles. The van der Waals surface area contributed by atoms with Gasteiger partial charge in [0.2, 0.25) is 0 Å². The second-order valence-corrected chi connectivity index (χ2v) is 20.9. The van der Waals surface area contributed by atoms with Crippen molar-refractivity contribution in [1.82, 2.24) is 0 Å². The molecule has 3 N–H and O–H groups in total. The first-order valence-corrected chi connectivity index (χ1v) is 28.5. The summed E-state index contributed by atoms with van der Waals surface area (Å²) in [6.07, 6.45) is 0. The number of rotatable bonds is 14. The molecule has 0 amide bonds. The van der Waals surface area contributed by atoms with E-state index in [0.717, 1.165) is 85.3 Å². The molecule has 0 heterocycles. The number of benzene rings is 12. The fourth-order valence-corrected chi connectivity index (χ4v) is 10.6. The number of anilines is 15. The summed E-state index contributed by atoms with van der Waals surface area (Å²) in [5.41, 5.74) is 19.2. The molecule has 6 nitrogen and oxygen atoms in total. The molecule has 0 bridgehead atoms. The number of nitrogens with zero attached hydrogens (tertiary/aromatic N) is 4. The van der Waals surface area contributed by atoms with E-state index in [1.807, 2.05) is 224 Å². The Morgan fingerprint density at radius 2 is 0.470 bits per heavy atom. The number of para-hydroxylation sites is 6. The zero-order valence-corrected chi connectivity index (χ0v) is 48.6. The molecule has 0 aliphatic rings. The lowest BCUT2D eigenvalue weighted by molar-refractivity contribution is 1.25.